The molecule has 52 heavy (non-hydrogen) atoms. The smallest absolute Gasteiger partial charge is 0.494 e. The molecular weight excluding hydrogens is 730 g/mol. The fraction of sp³-hybridized carbons (Fsp3) is 0.677. The van der Waals surface area contributed by atoms with Gasteiger partial charge >= 0.3 is 20.4 Å². The second-order valence-corrected chi connectivity index (χ2v) is 12.3. The Bertz CT molecular complexity index is 1240. The van der Waals surface area contributed by atoms with E-state index in [-0.39, 0.29) is 37.3 Å². The van der Waals surface area contributed by atoms with E-state index in [0.29, 0.717) is 90.6 Å². The molecule has 1 fully saturated rings. The van der Waals surface area contributed by atoms with Crippen molar-refractivity contribution < 1.29 is 71.7 Å². The maximum Gasteiger partial charge on any atom is 0.692 e. The Balaban J connectivity index is 0.00000222. The predicted molar refractivity (Wildman–Crippen MR) is 187 cm³/mol. The molecule has 1 aromatic carbocycles. The van der Waals surface area contributed by atoms with Crippen molar-refractivity contribution in [3.05, 3.63) is 29.8 Å². The van der Waals surface area contributed by atoms with E-state index in [1.54, 1.807) is 24.3 Å². The van der Waals surface area contributed by atoms with Crippen LogP contribution in [-0.2, 0) is 44.2 Å². The number of carbonyl (C=O) groups excluding carboxylic acids is 3. The van der Waals surface area contributed by atoms with E-state index in [0.717, 1.165) is 5.56 Å². The number of aliphatic hydroxyl groups is 1. The van der Waals surface area contributed by atoms with E-state index in [1.165, 1.54) is 4.90 Å². The fourth-order valence-electron chi connectivity index (χ4n) is 4.92. The van der Waals surface area contributed by atoms with Crippen LogP contribution in [0.2, 0.25) is 0 Å². The number of carbonyl (C=O) groups is 3. The van der Waals surface area contributed by atoms with Crippen molar-refractivity contribution >= 4 is 41.0 Å². The first kappa shape index (κ1) is 45.2. The highest BCUT2D eigenvalue weighted by atomic mass is 31.1. The summed E-state index contributed by atoms with van der Waals surface area (Å²) >= 11 is 0. The number of hydrogen-bond donors (Lipinski definition) is 6. The summed E-state index contributed by atoms with van der Waals surface area (Å²) in [6.45, 7) is 6.01. The Kier molecular flexibility index (Phi) is 23.3. The lowest BCUT2D eigenvalue weighted by molar-refractivity contribution is -0.120. The highest BCUT2D eigenvalue weighted by Gasteiger charge is 2.44. The molecule has 2 aliphatic rings. The van der Waals surface area contributed by atoms with E-state index < -0.39 is 47.8 Å². The van der Waals surface area contributed by atoms with Crippen molar-refractivity contribution in [3.8, 4) is 5.75 Å². The Morgan fingerprint density at radius 1 is 1.06 bits per heavy atom. The van der Waals surface area contributed by atoms with Crippen LogP contribution >= 0.6 is 17.3 Å². The van der Waals surface area contributed by atoms with E-state index in [2.05, 4.69) is 10.3 Å². The average molecular weight is 782 g/mol. The van der Waals surface area contributed by atoms with Crippen LogP contribution in [0.3, 0.4) is 0 Å². The SMILES string of the molecule is CCOCCOCCOCCC(=O)CCCOc1ccc(COC(=O)NCCCC2CN([C@@H]3OCC(OPO)[C@@H]3O)C(=O)N=C2N)cc1.O=[P+](O)O. The molecule has 1 aromatic rings. The van der Waals surface area contributed by atoms with E-state index in [9.17, 15) is 19.5 Å². The molecule has 3 unspecified atom stereocenters. The van der Waals surface area contributed by atoms with Gasteiger partial charge < -0.3 is 54.0 Å². The maximum absolute atomic E-state index is 12.4. The van der Waals surface area contributed by atoms with Gasteiger partial charge in [0.25, 0.3) is 0 Å². The quantitative estimate of drug-likeness (QED) is 0.0641. The van der Waals surface area contributed by atoms with Gasteiger partial charge in [0.05, 0.1) is 46.2 Å². The second-order valence-electron chi connectivity index (χ2n) is 11.3. The minimum absolute atomic E-state index is 0.0335. The topological polar surface area (TPSA) is 267 Å². The molecule has 0 aromatic heterocycles. The van der Waals surface area contributed by atoms with Gasteiger partial charge in [0.1, 0.15) is 36.2 Å². The number of aliphatic imine (C=N–C) groups is 1. The summed E-state index contributed by atoms with van der Waals surface area (Å²) in [5.74, 6) is 0.673. The van der Waals surface area contributed by atoms with Gasteiger partial charge in [0.2, 0.25) is 0 Å². The lowest BCUT2D eigenvalue weighted by atomic mass is 9.99. The van der Waals surface area contributed by atoms with Crippen molar-refractivity contribution in [2.45, 2.75) is 64.1 Å². The van der Waals surface area contributed by atoms with Crippen LogP contribution in [0.15, 0.2) is 29.3 Å². The number of nitrogens with one attached hydrogen (secondary N) is 1. The van der Waals surface area contributed by atoms with Crippen LogP contribution in [0.25, 0.3) is 0 Å². The van der Waals surface area contributed by atoms with Crippen molar-refractivity contribution in [3.63, 3.8) is 0 Å². The highest BCUT2D eigenvalue weighted by Crippen LogP contribution is 2.28. The number of benzene rings is 1. The number of urea groups is 1. The number of amides is 3. The number of nitrogens with two attached hydrogens (primary N) is 1. The van der Waals surface area contributed by atoms with Gasteiger partial charge in [-0.25, -0.2) is 9.59 Å². The molecule has 0 bridgehead atoms. The Morgan fingerprint density at radius 3 is 2.40 bits per heavy atom. The highest BCUT2D eigenvalue weighted by molar-refractivity contribution is 7.30. The third kappa shape index (κ3) is 18.7. The molecule has 0 saturated carbocycles. The molecule has 0 aliphatic carbocycles. The molecule has 0 spiro atoms. The summed E-state index contributed by atoms with van der Waals surface area (Å²) in [5, 5.41) is 13.1. The van der Waals surface area contributed by atoms with Crippen LogP contribution in [0.1, 0.15) is 44.6 Å². The molecule has 294 valence electrons. The number of ketones is 1. The van der Waals surface area contributed by atoms with Gasteiger partial charge in [-0.2, -0.15) is 4.99 Å². The Morgan fingerprint density at radius 2 is 1.73 bits per heavy atom. The lowest BCUT2D eigenvalue weighted by Crippen LogP contribution is -2.53. The lowest BCUT2D eigenvalue weighted by Gasteiger charge is -2.35. The molecule has 0 radical (unpaired) electrons. The second kappa shape index (κ2) is 26.8. The summed E-state index contributed by atoms with van der Waals surface area (Å²) in [5.41, 5.74) is 6.77. The number of aliphatic hydroxyl groups excluding tert-OH is 1. The molecule has 3 amide bonds. The van der Waals surface area contributed by atoms with Gasteiger partial charge in [0, 0.05) is 43.0 Å². The third-order valence-electron chi connectivity index (χ3n) is 7.56. The summed E-state index contributed by atoms with van der Waals surface area (Å²) in [7, 11) is -3.68. The van der Waals surface area contributed by atoms with Crippen molar-refractivity contribution in [1.29, 1.82) is 0 Å². The van der Waals surface area contributed by atoms with Crippen LogP contribution in [0.4, 0.5) is 9.59 Å². The maximum atomic E-state index is 12.4. The standard InChI is InChI=1S/C31H49N4O12P.HO3P/c1-2-41-15-16-43-18-17-42-14-11-24(36)6-4-13-44-25-9-7-22(8-10-25)20-46-31(39)33-12-3-5-23-19-35(30(38)34-28(23)32)29-27(37)26(21-45-29)47-48-40;1-4(2)3/h7-10,23,26-27,29,37,40,48H,2-6,11-21H2,1H3,(H,33,39)(H2,32,34,38);(H-,1,2,3)/p+1/t23?,26?,27-,29+;/m0./s1. The third-order valence-corrected chi connectivity index (χ3v) is 7.96. The zero-order chi connectivity index (χ0) is 38.1. The molecular formula is C31H51N4O15P2+. The summed E-state index contributed by atoms with van der Waals surface area (Å²) in [6, 6.07) is 6.55. The van der Waals surface area contributed by atoms with E-state index >= 15 is 0 Å². The molecule has 3 rings (SSSR count). The molecule has 19 nitrogen and oxygen atoms in total. The number of Topliss-reactive ketones (excluding diaryl/α,β-unsaturated/α-hetero) is 1. The first-order valence-corrected chi connectivity index (χ1v) is 18.8. The van der Waals surface area contributed by atoms with Crippen molar-refractivity contribution in [2.24, 2.45) is 16.6 Å². The summed E-state index contributed by atoms with van der Waals surface area (Å²) in [4.78, 5) is 65.1. The zero-order valence-corrected chi connectivity index (χ0v) is 31.0. The molecule has 7 N–H and O–H groups in total. The number of rotatable bonds is 24. The van der Waals surface area contributed by atoms with Crippen LogP contribution in [0.5, 0.6) is 5.75 Å². The number of ether oxygens (including phenoxy) is 6. The minimum Gasteiger partial charge on any atom is -0.494 e. The first-order chi connectivity index (χ1) is 25.0. The molecule has 2 heterocycles. The summed E-state index contributed by atoms with van der Waals surface area (Å²) in [6.07, 6.45) is -0.960. The van der Waals surface area contributed by atoms with Gasteiger partial charge in [-0.3, -0.25) is 9.69 Å². The average Bonchev–Trinajstić information content (AvgIpc) is 3.47. The Labute approximate surface area is 305 Å². The van der Waals surface area contributed by atoms with Crippen LogP contribution in [-0.4, -0.2) is 133 Å². The van der Waals surface area contributed by atoms with Crippen LogP contribution in [0, 0.1) is 5.92 Å². The summed E-state index contributed by atoms with van der Waals surface area (Å²) < 4.78 is 46.3. The largest absolute Gasteiger partial charge is 0.692 e. The number of alkyl carbamates (subject to hydrolysis) is 1. The van der Waals surface area contributed by atoms with E-state index in [1.807, 2.05) is 6.92 Å². The normalized spacial score (nSPS) is 20.0. The predicted octanol–water partition coefficient (Wildman–Crippen LogP) is 1.52. The first-order valence-electron chi connectivity index (χ1n) is 16.8. The molecule has 5 atom stereocenters. The van der Waals surface area contributed by atoms with E-state index in [4.69, 9.17) is 57.9 Å². The molecule has 1 saturated heterocycles. The zero-order valence-electron chi connectivity index (χ0n) is 29.1. The van der Waals surface area contributed by atoms with Gasteiger partial charge in [-0.15, -0.1) is 9.79 Å². The molecule has 21 heteroatoms. The van der Waals surface area contributed by atoms with Gasteiger partial charge in [-0.1, -0.05) is 12.1 Å². The Hall–Kier alpha value is -2.93. The van der Waals surface area contributed by atoms with Gasteiger partial charge in [0.15, 0.2) is 15.3 Å². The van der Waals surface area contributed by atoms with Crippen LogP contribution < -0.4 is 15.8 Å². The minimum atomic E-state index is -2.87. The number of nitrogens with zero attached hydrogens (tertiary/aromatic N) is 2. The molecule has 2 aliphatic heterocycles. The monoisotopic (exact) mass is 781 g/mol. The van der Waals surface area contributed by atoms with Crippen molar-refractivity contribution in [2.75, 3.05) is 65.9 Å². The van der Waals surface area contributed by atoms with Gasteiger partial charge in [-0.05, 0) is 43.9 Å². The van der Waals surface area contributed by atoms with Crippen molar-refractivity contribution in [1.82, 2.24) is 10.2 Å². The fourth-order valence-corrected chi connectivity index (χ4v) is 5.27. The number of hydrogen-bond acceptors (Lipinski definition) is 14. The number of amidine groups is 1.